The molecule has 30 heavy (non-hydrogen) atoms. The van der Waals surface area contributed by atoms with Crippen molar-refractivity contribution in [3.8, 4) is 0 Å². The summed E-state index contributed by atoms with van der Waals surface area (Å²) in [5.74, 6) is 2.10. The molecule has 0 saturated heterocycles. The third kappa shape index (κ3) is 7.20. The first-order valence-corrected chi connectivity index (χ1v) is 10.9. The molecular formula is C23H33FN4O2. The molecule has 164 valence electrons. The Morgan fingerprint density at radius 3 is 2.97 bits per heavy atom. The van der Waals surface area contributed by atoms with E-state index in [1.165, 1.54) is 12.1 Å². The van der Waals surface area contributed by atoms with E-state index in [9.17, 15) is 9.18 Å². The first kappa shape index (κ1) is 22.4. The van der Waals surface area contributed by atoms with E-state index in [4.69, 9.17) is 4.52 Å². The van der Waals surface area contributed by atoms with Crippen LogP contribution in [0.4, 0.5) is 4.39 Å². The van der Waals surface area contributed by atoms with E-state index in [2.05, 4.69) is 41.3 Å². The second-order valence-corrected chi connectivity index (χ2v) is 9.00. The van der Waals surface area contributed by atoms with Crippen LogP contribution in [0.5, 0.6) is 0 Å². The molecule has 0 spiro atoms. The molecule has 1 fully saturated rings. The van der Waals surface area contributed by atoms with Gasteiger partial charge >= 0.3 is 0 Å². The molecule has 1 aliphatic carbocycles. The van der Waals surface area contributed by atoms with Crippen LogP contribution in [0.25, 0.3) is 0 Å². The Kier molecular flexibility index (Phi) is 7.96. The van der Waals surface area contributed by atoms with Crippen LogP contribution in [0.3, 0.4) is 0 Å². The maximum atomic E-state index is 13.3. The summed E-state index contributed by atoms with van der Waals surface area (Å²) < 4.78 is 18.7. The molecule has 1 heterocycles. The zero-order chi connectivity index (χ0) is 21.5. The fourth-order valence-corrected chi connectivity index (χ4v) is 4.24. The van der Waals surface area contributed by atoms with Gasteiger partial charge in [-0.25, -0.2) is 4.39 Å². The largest absolute Gasteiger partial charge is 0.353 e. The van der Waals surface area contributed by atoms with Gasteiger partial charge < -0.3 is 9.84 Å². The number of hydrogen-bond acceptors (Lipinski definition) is 5. The van der Waals surface area contributed by atoms with E-state index < -0.39 is 0 Å². The molecule has 6 nitrogen and oxygen atoms in total. The van der Waals surface area contributed by atoms with Crippen LogP contribution in [-0.2, 0) is 24.2 Å². The highest BCUT2D eigenvalue weighted by atomic mass is 19.1. The fourth-order valence-electron chi connectivity index (χ4n) is 4.24. The molecule has 2 aromatic rings. The molecule has 1 aliphatic rings. The molecule has 7 heteroatoms. The summed E-state index contributed by atoms with van der Waals surface area (Å²) >= 11 is 0. The average Bonchev–Trinajstić information content (AvgIpc) is 3.07. The molecule has 1 aromatic heterocycles. The van der Waals surface area contributed by atoms with Crippen LogP contribution in [0.15, 0.2) is 28.8 Å². The van der Waals surface area contributed by atoms with Crippen molar-refractivity contribution in [3.63, 3.8) is 0 Å². The number of amides is 1. The van der Waals surface area contributed by atoms with E-state index in [0.717, 1.165) is 44.5 Å². The maximum absolute atomic E-state index is 13.3. The first-order valence-electron chi connectivity index (χ1n) is 10.9. The number of rotatable bonds is 9. The van der Waals surface area contributed by atoms with Crippen LogP contribution < -0.4 is 5.32 Å². The van der Waals surface area contributed by atoms with Crippen molar-refractivity contribution in [2.75, 3.05) is 13.6 Å². The molecule has 0 bridgehead atoms. The predicted octanol–water partition coefficient (Wildman–Crippen LogP) is 3.76. The van der Waals surface area contributed by atoms with Gasteiger partial charge in [-0.05, 0) is 55.8 Å². The Balaban J connectivity index is 1.43. The van der Waals surface area contributed by atoms with Gasteiger partial charge in [0.25, 0.3) is 0 Å². The van der Waals surface area contributed by atoms with E-state index in [0.29, 0.717) is 29.8 Å². The zero-order valence-electron chi connectivity index (χ0n) is 18.2. The van der Waals surface area contributed by atoms with Crippen molar-refractivity contribution in [1.82, 2.24) is 20.4 Å². The number of hydrogen-bond donors (Lipinski definition) is 1. The SMILES string of the molecule is CC(C)Cc1noc(CN(C)C[C@@H]2CCC[C@H](NC(=O)Cc3cccc(F)c3)C2)n1. The predicted molar refractivity (Wildman–Crippen MR) is 113 cm³/mol. The molecule has 3 rings (SSSR count). The summed E-state index contributed by atoms with van der Waals surface area (Å²) in [7, 11) is 2.07. The van der Waals surface area contributed by atoms with Crippen molar-refractivity contribution in [3.05, 3.63) is 47.4 Å². The van der Waals surface area contributed by atoms with Gasteiger partial charge in [-0.1, -0.05) is 37.6 Å². The normalized spacial score (nSPS) is 19.4. The smallest absolute Gasteiger partial charge is 0.240 e. The Morgan fingerprint density at radius 2 is 2.20 bits per heavy atom. The summed E-state index contributed by atoms with van der Waals surface area (Å²) in [6.45, 7) is 5.84. The van der Waals surface area contributed by atoms with Gasteiger partial charge in [0.2, 0.25) is 11.8 Å². The monoisotopic (exact) mass is 416 g/mol. The lowest BCUT2D eigenvalue weighted by molar-refractivity contribution is -0.121. The molecule has 0 radical (unpaired) electrons. The van der Waals surface area contributed by atoms with Crippen molar-refractivity contribution in [2.45, 2.75) is 65.0 Å². The Bertz CT molecular complexity index is 823. The van der Waals surface area contributed by atoms with Crippen molar-refractivity contribution < 1.29 is 13.7 Å². The van der Waals surface area contributed by atoms with Crippen LogP contribution in [-0.4, -0.2) is 40.6 Å². The van der Waals surface area contributed by atoms with E-state index >= 15 is 0 Å². The molecule has 1 aromatic carbocycles. The summed E-state index contributed by atoms with van der Waals surface area (Å²) in [4.78, 5) is 19.1. The molecule has 1 amide bonds. The van der Waals surface area contributed by atoms with Crippen LogP contribution >= 0.6 is 0 Å². The molecule has 1 saturated carbocycles. The first-order chi connectivity index (χ1) is 14.4. The zero-order valence-corrected chi connectivity index (χ0v) is 18.2. The van der Waals surface area contributed by atoms with Crippen molar-refractivity contribution in [2.24, 2.45) is 11.8 Å². The Hall–Kier alpha value is -2.28. The van der Waals surface area contributed by atoms with Crippen LogP contribution in [0.1, 0.15) is 56.8 Å². The number of nitrogens with zero attached hydrogens (tertiary/aromatic N) is 3. The number of carbonyl (C=O) groups is 1. The highest BCUT2D eigenvalue weighted by Crippen LogP contribution is 2.25. The number of halogens is 1. The number of aromatic nitrogens is 2. The van der Waals surface area contributed by atoms with E-state index in [1.807, 2.05) is 0 Å². The molecule has 0 aliphatic heterocycles. The van der Waals surface area contributed by atoms with Crippen LogP contribution in [0.2, 0.25) is 0 Å². The molecule has 1 N–H and O–H groups in total. The Morgan fingerprint density at radius 1 is 1.37 bits per heavy atom. The summed E-state index contributed by atoms with van der Waals surface area (Å²) in [6.07, 6.45) is 5.26. The van der Waals surface area contributed by atoms with Gasteiger partial charge in [0, 0.05) is 19.0 Å². The van der Waals surface area contributed by atoms with E-state index in [1.54, 1.807) is 12.1 Å². The summed E-state index contributed by atoms with van der Waals surface area (Å²) in [6, 6.07) is 6.41. The van der Waals surface area contributed by atoms with Gasteiger partial charge in [0.15, 0.2) is 5.82 Å². The van der Waals surface area contributed by atoms with Gasteiger partial charge in [-0.15, -0.1) is 0 Å². The number of benzene rings is 1. The minimum absolute atomic E-state index is 0.0388. The lowest BCUT2D eigenvalue weighted by atomic mass is 9.85. The van der Waals surface area contributed by atoms with Crippen molar-refractivity contribution in [1.29, 1.82) is 0 Å². The summed E-state index contributed by atoms with van der Waals surface area (Å²) in [5.41, 5.74) is 0.705. The average molecular weight is 417 g/mol. The topological polar surface area (TPSA) is 71.3 Å². The Labute approximate surface area is 178 Å². The number of nitrogens with one attached hydrogen (secondary N) is 1. The lowest BCUT2D eigenvalue weighted by Gasteiger charge is -2.32. The molecular weight excluding hydrogens is 383 g/mol. The minimum atomic E-state index is -0.307. The highest BCUT2D eigenvalue weighted by Gasteiger charge is 2.24. The van der Waals surface area contributed by atoms with E-state index in [-0.39, 0.29) is 24.2 Å². The maximum Gasteiger partial charge on any atom is 0.240 e. The van der Waals surface area contributed by atoms with Crippen LogP contribution in [0, 0.1) is 17.7 Å². The lowest BCUT2D eigenvalue weighted by Crippen LogP contribution is -2.41. The third-order valence-corrected chi connectivity index (χ3v) is 5.48. The molecule has 2 atom stereocenters. The second-order valence-electron chi connectivity index (χ2n) is 9.00. The van der Waals surface area contributed by atoms with Gasteiger partial charge in [0.1, 0.15) is 5.82 Å². The standard InChI is InChI=1S/C23H33FN4O2/c1-16(2)10-21-26-23(30-27-21)15-28(3)14-18-7-5-9-20(12-18)25-22(29)13-17-6-4-8-19(24)11-17/h4,6,8,11,16,18,20H,5,7,9-10,12-15H2,1-3H3,(H,25,29)/t18-,20+/m1/s1. The molecule has 0 unspecified atom stereocenters. The van der Waals surface area contributed by atoms with Gasteiger partial charge in [-0.3, -0.25) is 9.69 Å². The van der Waals surface area contributed by atoms with Gasteiger partial charge in [0.05, 0.1) is 13.0 Å². The van der Waals surface area contributed by atoms with Crippen molar-refractivity contribution >= 4 is 5.91 Å². The van der Waals surface area contributed by atoms with Gasteiger partial charge in [-0.2, -0.15) is 4.98 Å². The highest BCUT2D eigenvalue weighted by molar-refractivity contribution is 5.78. The third-order valence-electron chi connectivity index (χ3n) is 5.48. The summed E-state index contributed by atoms with van der Waals surface area (Å²) in [5, 5.41) is 7.20. The quantitative estimate of drug-likeness (QED) is 0.674. The fraction of sp³-hybridized carbons (Fsp3) is 0.609. The minimum Gasteiger partial charge on any atom is -0.353 e. The number of carbonyl (C=O) groups excluding carboxylic acids is 1. The second kappa shape index (κ2) is 10.7.